The van der Waals surface area contributed by atoms with Crippen LogP contribution in [-0.4, -0.2) is 30.7 Å². The lowest BCUT2D eigenvalue weighted by Gasteiger charge is -2.21. The van der Waals surface area contributed by atoms with Crippen molar-refractivity contribution in [3.63, 3.8) is 0 Å². The first-order valence-electron chi connectivity index (χ1n) is 6.38. The molecule has 6 nitrogen and oxygen atoms in total. The summed E-state index contributed by atoms with van der Waals surface area (Å²) in [6.45, 7) is 0. The zero-order valence-corrected chi connectivity index (χ0v) is 10.2. The third-order valence-electron chi connectivity index (χ3n) is 3.69. The molecule has 18 heavy (non-hydrogen) atoms. The molecule has 0 radical (unpaired) electrons. The molecule has 2 heterocycles. The van der Waals surface area contributed by atoms with Gasteiger partial charge in [-0.25, -0.2) is 15.0 Å². The number of imidazole rings is 1. The van der Waals surface area contributed by atoms with Gasteiger partial charge in [0.2, 0.25) is 0 Å². The maximum atomic E-state index is 10.2. The molecule has 0 spiro atoms. The van der Waals surface area contributed by atoms with Crippen molar-refractivity contribution in [2.75, 3.05) is 5.73 Å². The van der Waals surface area contributed by atoms with Crippen LogP contribution in [0.5, 0.6) is 0 Å². The predicted octanol–water partition coefficient (Wildman–Crippen LogP) is 1.27. The van der Waals surface area contributed by atoms with Crippen molar-refractivity contribution in [3.05, 3.63) is 12.7 Å². The Hall–Kier alpha value is -1.69. The molecule has 1 fully saturated rings. The lowest BCUT2D eigenvalue weighted by atomic mass is 10.1. The van der Waals surface area contributed by atoms with E-state index in [0.29, 0.717) is 17.0 Å². The fourth-order valence-corrected chi connectivity index (χ4v) is 2.71. The highest BCUT2D eigenvalue weighted by molar-refractivity contribution is 5.81. The minimum atomic E-state index is -0.332. The Morgan fingerprint density at radius 2 is 2.00 bits per heavy atom. The van der Waals surface area contributed by atoms with E-state index in [1.54, 1.807) is 6.33 Å². The molecule has 2 aromatic rings. The second-order valence-corrected chi connectivity index (χ2v) is 4.86. The highest BCUT2D eigenvalue weighted by Crippen LogP contribution is 2.30. The highest BCUT2D eigenvalue weighted by Gasteiger charge is 2.25. The molecule has 0 amide bonds. The van der Waals surface area contributed by atoms with E-state index in [4.69, 9.17) is 5.73 Å². The molecule has 1 saturated carbocycles. The summed E-state index contributed by atoms with van der Waals surface area (Å²) < 4.78 is 1.95. The van der Waals surface area contributed by atoms with Crippen LogP contribution in [0.15, 0.2) is 12.7 Å². The van der Waals surface area contributed by atoms with Gasteiger partial charge in [-0.15, -0.1) is 0 Å². The maximum absolute atomic E-state index is 10.2. The molecule has 1 aliphatic rings. The fourth-order valence-electron chi connectivity index (χ4n) is 2.71. The minimum Gasteiger partial charge on any atom is -0.391 e. The lowest BCUT2D eigenvalue weighted by Crippen LogP contribution is -2.22. The van der Waals surface area contributed by atoms with Gasteiger partial charge in [-0.1, -0.05) is 19.3 Å². The maximum Gasteiger partial charge on any atom is 0.165 e. The van der Waals surface area contributed by atoms with E-state index in [1.165, 1.54) is 12.7 Å². The van der Waals surface area contributed by atoms with Crippen LogP contribution in [-0.2, 0) is 0 Å². The largest absolute Gasteiger partial charge is 0.391 e. The predicted molar refractivity (Wildman–Crippen MR) is 67.9 cm³/mol. The van der Waals surface area contributed by atoms with Gasteiger partial charge in [-0.2, -0.15) is 0 Å². The van der Waals surface area contributed by atoms with Gasteiger partial charge in [0.05, 0.1) is 18.5 Å². The van der Waals surface area contributed by atoms with E-state index in [9.17, 15) is 5.11 Å². The Morgan fingerprint density at radius 1 is 1.17 bits per heavy atom. The lowest BCUT2D eigenvalue weighted by molar-refractivity contribution is 0.107. The van der Waals surface area contributed by atoms with Gasteiger partial charge in [0.25, 0.3) is 0 Å². The zero-order valence-electron chi connectivity index (χ0n) is 10.2. The summed E-state index contributed by atoms with van der Waals surface area (Å²) in [5, 5.41) is 10.2. The Morgan fingerprint density at radius 3 is 2.89 bits per heavy atom. The van der Waals surface area contributed by atoms with Gasteiger partial charge in [-0.05, 0) is 12.8 Å². The summed E-state index contributed by atoms with van der Waals surface area (Å²) in [6.07, 6.45) is 8.01. The standard InChI is InChI=1S/C12H17N5O/c13-11-10-12(15-6-14-11)17(7-16-10)8-4-2-1-3-5-9(8)18/h6-9,18H,1-5H2,(H2,13,14,15)/t8-,9+/m0/s1. The summed E-state index contributed by atoms with van der Waals surface area (Å²) in [6, 6.07) is 0.0480. The SMILES string of the molecule is Nc1ncnc2c1ncn2[C@H]1CCCCC[C@H]1O. The molecule has 6 heteroatoms. The number of nitrogen functional groups attached to an aromatic ring is 1. The van der Waals surface area contributed by atoms with E-state index in [1.807, 2.05) is 4.57 Å². The van der Waals surface area contributed by atoms with E-state index in [0.717, 1.165) is 25.7 Å². The van der Waals surface area contributed by atoms with Gasteiger partial charge < -0.3 is 15.4 Å². The van der Waals surface area contributed by atoms with Gasteiger partial charge in [0.1, 0.15) is 11.8 Å². The van der Waals surface area contributed by atoms with Crippen molar-refractivity contribution in [2.24, 2.45) is 0 Å². The van der Waals surface area contributed by atoms with Gasteiger partial charge in [0.15, 0.2) is 11.5 Å². The van der Waals surface area contributed by atoms with E-state index in [-0.39, 0.29) is 12.1 Å². The quantitative estimate of drug-likeness (QED) is 0.741. The number of nitrogens with two attached hydrogens (primary N) is 1. The molecule has 96 valence electrons. The van der Waals surface area contributed by atoms with Crippen LogP contribution in [0.4, 0.5) is 5.82 Å². The summed E-state index contributed by atoms with van der Waals surface area (Å²) in [5.41, 5.74) is 7.11. The van der Waals surface area contributed by atoms with Crippen LogP contribution < -0.4 is 5.73 Å². The smallest absolute Gasteiger partial charge is 0.165 e. The van der Waals surface area contributed by atoms with Crippen molar-refractivity contribution in [1.82, 2.24) is 19.5 Å². The number of aromatic nitrogens is 4. The van der Waals surface area contributed by atoms with Crippen molar-refractivity contribution < 1.29 is 5.11 Å². The van der Waals surface area contributed by atoms with Crippen molar-refractivity contribution in [2.45, 2.75) is 44.2 Å². The molecular formula is C12H17N5O. The van der Waals surface area contributed by atoms with E-state index in [2.05, 4.69) is 15.0 Å². The summed E-state index contributed by atoms with van der Waals surface area (Å²) in [4.78, 5) is 12.4. The molecular weight excluding hydrogens is 230 g/mol. The van der Waals surface area contributed by atoms with E-state index >= 15 is 0 Å². The molecule has 0 aliphatic heterocycles. The Balaban J connectivity index is 2.05. The number of hydrogen-bond acceptors (Lipinski definition) is 5. The molecule has 3 N–H and O–H groups in total. The van der Waals surface area contributed by atoms with Crippen LogP contribution in [0.3, 0.4) is 0 Å². The summed E-state index contributed by atoms with van der Waals surface area (Å²) in [5.74, 6) is 0.391. The number of nitrogens with zero attached hydrogens (tertiary/aromatic N) is 4. The Bertz CT molecular complexity index is 552. The summed E-state index contributed by atoms with van der Waals surface area (Å²) >= 11 is 0. The van der Waals surface area contributed by atoms with Crippen molar-refractivity contribution in [1.29, 1.82) is 0 Å². The van der Waals surface area contributed by atoms with Gasteiger partial charge >= 0.3 is 0 Å². The zero-order chi connectivity index (χ0) is 12.5. The van der Waals surface area contributed by atoms with Crippen LogP contribution in [0.2, 0.25) is 0 Å². The monoisotopic (exact) mass is 247 g/mol. The molecule has 0 aromatic carbocycles. The highest BCUT2D eigenvalue weighted by atomic mass is 16.3. The van der Waals surface area contributed by atoms with Crippen LogP contribution >= 0.6 is 0 Å². The molecule has 0 unspecified atom stereocenters. The topological polar surface area (TPSA) is 89.9 Å². The number of fused-ring (bicyclic) bond motifs is 1. The van der Waals surface area contributed by atoms with Crippen molar-refractivity contribution in [3.8, 4) is 0 Å². The number of hydrogen-bond donors (Lipinski definition) is 2. The Kier molecular flexibility index (Phi) is 2.87. The van der Waals surface area contributed by atoms with Crippen LogP contribution in [0.25, 0.3) is 11.2 Å². The number of rotatable bonds is 1. The van der Waals surface area contributed by atoms with Gasteiger partial charge in [-0.3, -0.25) is 0 Å². The third-order valence-corrected chi connectivity index (χ3v) is 3.69. The second kappa shape index (κ2) is 4.53. The first-order chi connectivity index (χ1) is 8.77. The van der Waals surface area contributed by atoms with Crippen LogP contribution in [0, 0.1) is 0 Å². The number of aliphatic hydroxyl groups is 1. The first-order valence-corrected chi connectivity index (χ1v) is 6.38. The average Bonchev–Trinajstić information content (AvgIpc) is 2.68. The Labute approximate surface area is 105 Å². The van der Waals surface area contributed by atoms with E-state index < -0.39 is 0 Å². The molecule has 2 atom stereocenters. The number of anilines is 1. The van der Waals surface area contributed by atoms with Crippen molar-refractivity contribution >= 4 is 17.0 Å². The number of aliphatic hydroxyl groups excluding tert-OH is 1. The van der Waals surface area contributed by atoms with Gasteiger partial charge in [0, 0.05) is 0 Å². The normalized spacial score (nSPS) is 25.2. The molecule has 3 rings (SSSR count). The van der Waals surface area contributed by atoms with Crippen LogP contribution in [0.1, 0.15) is 38.1 Å². The fraction of sp³-hybridized carbons (Fsp3) is 0.583. The molecule has 1 aliphatic carbocycles. The minimum absolute atomic E-state index is 0.0480. The first kappa shape index (κ1) is 11.4. The second-order valence-electron chi connectivity index (χ2n) is 4.86. The average molecular weight is 247 g/mol. The molecule has 2 aromatic heterocycles. The molecule has 0 bridgehead atoms. The molecule has 0 saturated heterocycles. The third kappa shape index (κ3) is 1.82. The summed E-state index contributed by atoms with van der Waals surface area (Å²) in [7, 11) is 0.